The van der Waals surface area contributed by atoms with Gasteiger partial charge in [-0.3, -0.25) is 9.36 Å². The van der Waals surface area contributed by atoms with Crippen molar-refractivity contribution in [1.29, 1.82) is 0 Å². The van der Waals surface area contributed by atoms with Crippen LogP contribution in [0.15, 0.2) is 24.3 Å². The van der Waals surface area contributed by atoms with E-state index in [1.165, 1.54) is 218 Å². The van der Waals surface area contributed by atoms with E-state index in [0.717, 1.165) is 38.5 Å². The fraction of sp³-hybridized carbons (Fsp3) is 0.912. The van der Waals surface area contributed by atoms with E-state index < -0.39 is 13.9 Å². The van der Waals surface area contributed by atoms with Crippen molar-refractivity contribution in [1.82, 2.24) is 0 Å². The number of likely N-dealkylation sites (N-methyl/N-ethyl adjacent to an activating group) is 1. The maximum atomic E-state index is 12.8. The number of hydrogen-bond acceptors (Lipinski definition) is 7. The normalized spacial score (nSPS) is 13.6. The number of quaternary nitrogens is 1. The number of phosphoric acid groups is 1. The fourth-order valence-electron chi connectivity index (χ4n) is 8.35. The van der Waals surface area contributed by atoms with E-state index in [4.69, 9.17) is 18.5 Å². The van der Waals surface area contributed by atoms with Crippen LogP contribution in [0.1, 0.15) is 277 Å². The Morgan fingerprint density at radius 3 is 1.26 bits per heavy atom. The lowest BCUT2D eigenvalue weighted by atomic mass is 10.0. The molecule has 0 radical (unpaired) electrons. The molecule has 0 saturated heterocycles. The van der Waals surface area contributed by atoms with Crippen LogP contribution in [-0.4, -0.2) is 70.7 Å². The van der Waals surface area contributed by atoms with E-state index in [-0.39, 0.29) is 25.8 Å². The molecule has 0 amide bonds. The molecule has 66 heavy (non-hydrogen) atoms. The molecule has 0 aliphatic rings. The molecule has 0 heterocycles. The standard InChI is InChI=1S/C57H112NO7P/c1-6-8-10-12-14-16-18-20-22-24-26-27-28-29-30-31-33-35-37-39-41-43-45-47-49-52-62-54-56(55-64-66(60,61)63-53-51-58(3,4)5)65-57(59)50-48-46-44-42-40-38-36-34-32-25-23-21-19-17-15-13-11-9-7-2/h15,17,21,23,56H,6-14,16,18-20,22,24-55H2,1-5H3/b17-15-,23-21-. The van der Waals surface area contributed by atoms with Crippen molar-refractivity contribution in [3.8, 4) is 0 Å². The smallest absolute Gasteiger partial charge is 0.306 e. The maximum Gasteiger partial charge on any atom is 0.306 e. The van der Waals surface area contributed by atoms with Crippen LogP contribution >= 0.6 is 7.82 Å². The Bertz CT molecular complexity index is 1110. The summed E-state index contributed by atoms with van der Waals surface area (Å²) in [5.41, 5.74) is 0. The fourth-order valence-corrected chi connectivity index (χ4v) is 9.07. The van der Waals surface area contributed by atoms with E-state index in [9.17, 15) is 14.3 Å². The SMILES string of the molecule is CCCCC/C=C\C/C=C\CCCCCCCCCCCC(=O)OC(COCCCCCCCCCCCCCCCCCCCCCCCCCCC)COP(=O)([O-])OCC[N+](C)(C)C. The molecule has 0 spiro atoms. The molecular formula is C57H112NO7P. The quantitative estimate of drug-likeness (QED) is 0.0197. The van der Waals surface area contributed by atoms with Gasteiger partial charge >= 0.3 is 5.97 Å². The van der Waals surface area contributed by atoms with Gasteiger partial charge in [0.25, 0.3) is 7.82 Å². The van der Waals surface area contributed by atoms with Crippen molar-refractivity contribution in [3.63, 3.8) is 0 Å². The average molecular weight is 954 g/mol. The topological polar surface area (TPSA) is 94.1 Å². The molecule has 0 fully saturated rings. The number of esters is 1. The molecule has 9 heteroatoms. The number of nitrogens with zero attached hydrogens (tertiary/aromatic N) is 1. The summed E-state index contributed by atoms with van der Waals surface area (Å²) in [5.74, 6) is -0.332. The molecule has 0 aromatic heterocycles. The number of allylic oxidation sites excluding steroid dienone is 4. The Kier molecular flexibility index (Phi) is 49.6. The first-order chi connectivity index (χ1) is 32.1. The summed E-state index contributed by atoms with van der Waals surface area (Å²) < 4.78 is 34.8. The third-order valence-electron chi connectivity index (χ3n) is 12.8. The molecule has 392 valence electrons. The highest BCUT2D eigenvalue weighted by atomic mass is 31.2. The van der Waals surface area contributed by atoms with Crippen molar-refractivity contribution in [2.75, 3.05) is 54.1 Å². The number of ether oxygens (including phenoxy) is 2. The molecule has 0 aliphatic heterocycles. The lowest BCUT2D eigenvalue weighted by Gasteiger charge is -2.28. The second kappa shape index (κ2) is 50.4. The predicted octanol–water partition coefficient (Wildman–Crippen LogP) is 17.3. The first-order valence-corrected chi connectivity index (χ1v) is 30.0. The van der Waals surface area contributed by atoms with Gasteiger partial charge in [0.05, 0.1) is 34.4 Å². The maximum absolute atomic E-state index is 12.8. The van der Waals surface area contributed by atoms with Crippen LogP contribution in [0.4, 0.5) is 0 Å². The Morgan fingerprint density at radius 2 is 0.833 bits per heavy atom. The molecule has 0 aromatic carbocycles. The van der Waals surface area contributed by atoms with E-state index in [1.54, 1.807) is 0 Å². The van der Waals surface area contributed by atoms with E-state index in [1.807, 2.05) is 21.1 Å². The van der Waals surface area contributed by atoms with Gasteiger partial charge in [0, 0.05) is 13.0 Å². The molecule has 0 rings (SSSR count). The van der Waals surface area contributed by atoms with E-state index >= 15 is 0 Å². The number of carbonyl (C=O) groups excluding carboxylic acids is 1. The van der Waals surface area contributed by atoms with Crippen LogP contribution in [0, 0.1) is 0 Å². The summed E-state index contributed by atoms with van der Waals surface area (Å²) >= 11 is 0. The number of hydrogen-bond donors (Lipinski definition) is 0. The second-order valence-corrected chi connectivity index (χ2v) is 22.1. The summed E-state index contributed by atoms with van der Waals surface area (Å²) in [7, 11) is 1.37. The highest BCUT2D eigenvalue weighted by Gasteiger charge is 2.20. The monoisotopic (exact) mass is 954 g/mol. The van der Waals surface area contributed by atoms with Crippen LogP contribution in [-0.2, 0) is 27.9 Å². The highest BCUT2D eigenvalue weighted by Crippen LogP contribution is 2.38. The lowest BCUT2D eigenvalue weighted by Crippen LogP contribution is -2.37. The first kappa shape index (κ1) is 65.0. The molecule has 0 aromatic rings. The molecule has 0 aliphatic carbocycles. The molecule has 0 bridgehead atoms. The van der Waals surface area contributed by atoms with Gasteiger partial charge in [0.15, 0.2) is 0 Å². The van der Waals surface area contributed by atoms with Crippen molar-refractivity contribution >= 4 is 13.8 Å². The number of unbranched alkanes of at least 4 members (excludes halogenated alkanes) is 36. The number of phosphoric ester groups is 1. The Hall–Kier alpha value is -1.02. The predicted molar refractivity (Wildman–Crippen MR) is 282 cm³/mol. The van der Waals surface area contributed by atoms with Crippen LogP contribution in [0.2, 0.25) is 0 Å². The van der Waals surface area contributed by atoms with Crippen molar-refractivity contribution in [2.45, 2.75) is 283 Å². The third kappa shape index (κ3) is 53.9. The zero-order chi connectivity index (χ0) is 48.3. The van der Waals surface area contributed by atoms with Crippen LogP contribution in [0.25, 0.3) is 0 Å². The van der Waals surface area contributed by atoms with Crippen LogP contribution in [0.3, 0.4) is 0 Å². The van der Waals surface area contributed by atoms with Crippen molar-refractivity contribution in [2.24, 2.45) is 0 Å². The van der Waals surface area contributed by atoms with Gasteiger partial charge in [-0.25, -0.2) is 0 Å². The van der Waals surface area contributed by atoms with Crippen LogP contribution < -0.4 is 4.89 Å². The minimum absolute atomic E-state index is 0.0278. The van der Waals surface area contributed by atoms with Gasteiger partial charge in [0.2, 0.25) is 0 Å². The van der Waals surface area contributed by atoms with Crippen molar-refractivity contribution in [3.05, 3.63) is 24.3 Å². The molecule has 2 unspecified atom stereocenters. The van der Waals surface area contributed by atoms with Crippen LogP contribution in [0.5, 0.6) is 0 Å². The van der Waals surface area contributed by atoms with E-state index in [2.05, 4.69) is 38.2 Å². The third-order valence-corrected chi connectivity index (χ3v) is 13.7. The molecule has 0 N–H and O–H groups in total. The average Bonchev–Trinajstić information content (AvgIpc) is 3.28. The summed E-state index contributed by atoms with van der Waals surface area (Å²) in [6.45, 7) is 5.45. The summed E-state index contributed by atoms with van der Waals surface area (Å²) in [5, 5.41) is 0. The molecule has 8 nitrogen and oxygen atoms in total. The van der Waals surface area contributed by atoms with Gasteiger partial charge in [-0.05, 0) is 44.9 Å². The van der Waals surface area contributed by atoms with Gasteiger partial charge < -0.3 is 27.9 Å². The highest BCUT2D eigenvalue weighted by molar-refractivity contribution is 7.45. The zero-order valence-corrected chi connectivity index (χ0v) is 45.6. The number of carbonyl (C=O) groups is 1. The minimum atomic E-state index is -4.53. The lowest BCUT2D eigenvalue weighted by molar-refractivity contribution is -0.870. The van der Waals surface area contributed by atoms with Gasteiger partial charge in [0.1, 0.15) is 19.3 Å². The van der Waals surface area contributed by atoms with Gasteiger partial charge in [-0.15, -0.1) is 0 Å². The number of rotatable bonds is 54. The zero-order valence-electron chi connectivity index (χ0n) is 44.7. The van der Waals surface area contributed by atoms with E-state index in [0.29, 0.717) is 24.1 Å². The molecular weight excluding hydrogens is 842 g/mol. The minimum Gasteiger partial charge on any atom is -0.756 e. The Labute approximate surface area is 411 Å². The largest absolute Gasteiger partial charge is 0.756 e. The summed E-state index contributed by atoms with van der Waals surface area (Å²) in [6.07, 6.45) is 60.7. The first-order valence-electron chi connectivity index (χ1n) is 28.6. The molecule has 0 saturated carbocycles. The van der Waals surface area contributed by atoms with Gasteiger partial charge in [-0.1, -0.05) is 250 Å². The Morgan fingerprint density at radius 1 is 0.470 bits per heavy atom. The summed E-state index contributed by atoms with van der Waals surface area (Å²) in [6, 6.07) is 0. The van der Waals surface area contributed by atoms with Crippen molar-refractivity contribution < 1.29 is 37.3 Å². The van der Waals surface area contributed by atoms with Gasteiger partial charge in [-0.2, -0.15) is 0 Å². The molecule has 2 atom stereocenters. The Balaban J connectivity index is 4.02. The second-order valence-electron chi connectivity index (χ2n) is 20.7. The summed E-state index contributed by atoms with van der Waals surface area (Å²) in [4.78, 5) is 25.2.